The van der Waals surface area contributed by atoms with E-state index < -0.39 is 23.8 Å². The third kappa shape index (κ3) is 4.47. The lowest BCUT2D eigenvalue weighted by Gasteiger charge is -2.21. The van der Waals surface area contributed by atoms with Gasteiger partial charge in [0, 0.05) is 5.69 Å². The molecular weight excluding hydrogens is 324 g/mol. The van der Waals surface area contributed by atoms with Gasteiger partial charge in [-0.2, -0.15) is 0 Å². The maximum absolute atomic E-state index is 12.5. The van der Waals surface area contributed by atoms with E-state index in [-0.39, 0.29) is 17.2 Å². The Kier molecular flexibility index (Phi) is 5.59. The Morgan fingerprint density at radius 2 is 1.88 bits per heavy atom. The van der Waals surface area contributed by atoms with Gasteiger partial charge in [-0.15, -0.1) is 0 Å². The first kappa shape index (κ1) is 18.3. The van der Waals surface area contributed by atoms with Crippen LogP contribution in [0.1, 0.15) is 40.3 Å². The summed E-state index contributed by atoms with van der Waals surface area (Å²) < 4.78 is 5.03. The number of hydrogen-bond donors (Lipinski definition) is 3. The van der Waals surface area contributed by atoms with Crippen molar-refractivity contribution in [2.75, 3.05) is 5.32 Å². The van der Waals surface area contributed by atoms with Crippen LogP contribution in [-0.2, 0) is 4.79 Å². The van der Waals surface area contributed by atoms with E-state index in [4.69, 9.17) is 9.52 Å². The van der Waals surface area contributed by atoms with E-state index in [2.05, 4.69) is 10.6 Å². The Morgan fingerprint density at radius 3 is 2.40 bits per heavy atom. The lowest BCUT2D eigenvalue weighted by molar-refractivity contribution is -0.118. The predicted octanol–water partition coefficient (Wildman–Crippen LogP) is 2.68. The van der Waals surface area contributed by atoms with Crippen molar-refractivity contribution in [3.63, 3.8) is 0 Å². The molecule has 0 saturated heterocycles. The van der Waals surface area contributed by atoms with E-state index in [1.54, 1.807) is 19.1 Å². The van der Waals surface area contributed by atoms with Gasteiger partial charge in [-0.1, -0.05) is 13.8 Å². The molecular formula is C18H20N2O5. The van der Waals surface area contributed by atoms with E-state index >= 15 is 0 Å². The molecule has 0 saturated carbocycles. The highest BCUT2D eigenvalue weighted by Gasteiger charge is 2.25. The van der Waals surface area contributed by atoms with Gasteiger partial charge in [-0.05, 0) is 48.7 Å². The van der Waals surface area contributed by atoms with Gasteiger partial charge < -0.3 is 20.2 Å². The molecule has 25 heavy (non-hydrogen) atoms. The van der Waals surface area contributed by atoms with Crippen LogP contribution in [0.3, 0.4) is 0 Å². The second-order valence-electron chi connectivity index (χ2n) is 6.00. The Morgan fingerprint density at radius 1 is 1.16 bits per heavy atom. The number of carbonyl (C=O) groups is 3. The number of furan rings is 1. The zero-order valence-corrected chi connectivity index (χ0v) is 14.2. The second-order valence-corrected chi connectivity index (χ2v) is 6.00. The average Bonchev–Trinajstić information content (AvgIpc) is 3.06. The summed E-state index contributed by atoms with van der Waals surface area (Å²) in [5.74, 6) is -1.92. The number of amides is 2. The first-order valence-corrected chi connectivity index (χ1v) is 7.78. The zero-order chi connectivity index (χ0) is 18.6. The van der Waals surface area contributed by atoms with Gasteiger partial charge in [0.2, 0.25) is 5.91 Å². The fourth-order valence-corrected chi connectivity index (χ4v) is 2.36. The summed E-state index contributed by atoms with van der Waals surface area (Å²) in [4.78, 5) is 35.7. The quantitative estimate of drug-likeness (QED) is 0.746. The first-order valence-electron chi connectivity index (χ1n) is 7.78. The SMILES string of the molecule is Cc1cc(NC(=O)C(NC(=O)c2ccco2)C(C)C)ccc1C(=O)O. The largest absolute Gasteiger partial charge is 0.478 e. The molecule has 7 heteroatoms. The lowest BCUT2D eigenvalue weighted by Crippen LogP contribution is -2.47. The fraction of sp³-hybridized carbons (Fsp3) is 0.278. The van der Waals surface area contributed by atoms with Gasteiger partial charge >= 0.3 is 5.97 Å². The number of hydrogen-bond acceptors (Lipinski definition) is 4. The summed E-state index contributed by atoms with van der Waals surface area (Å²) in [5, 5.41) is 14.4. The first-order chi connectivity index (χ1) is 11.8. The van der Waals surface area contributed by atoms with Crippen LogP contribution in [0, 0.1) is 12.8 Å². The Hall–Kier alpha value is -3.09. The minimum Gasteiger partial charge on any atom is -0.478 e. The summed E-state index contributed by atoms with van der Waals surface area (Å²) in [5.41, 5.74) is 1.17. The number of anilines is 1. The molecule has 1 aromatic carbocycles. The Balaban J connectivity index is 2.11. The summed E-state index contributed by atoms with van der Waals surface area (Å²) in [6.07, 6.45) is 1.38. The van der Waals surface area contributed by atoms with Crippen LogP contribution in [0.2, 0.25) is 0 Å². The summed E-state index contributed by atoms with van der Waals surface area (Å²) >= 11 is 0. The third-order valence-electron chi connectivity index (χ3n) is 3.71. The molecule has 0 fully saturated rings. The van der Waals surface area contributed by atoms with Crippen molar-refractivity contribution in [3.8, 4) is 0 Å². The highest BCUT2D eigenvalue weighted by Crippen LogP contribution is 2.16. The van der Waals surface area contributed by atoms with Gasteiger partial charge in [0.15, 0.2) is 5.76 Å². The number of aromatic carboxylic acids is 1. The number of carboxylic acid groups (broad SMARTS) is 1. The molecule has 2 amide bonds. The maximum Gasteiger partial charge on any atom is 0.335 e. The molecule has 2 aromatic rings. The van der Waals surface area contributed by atoms with Crippen LogP contribution in [0.4, 0.5) is 5.69 Å². The molecule has 1 atom stereocenters. The van der Waals surface area contributed by atoms with Crippen molar-refractivity contribution in [2.45, 2.75) is 26.8 Å². The lowest BCUT2D eigenvalue weighted by atomic mass is 10.0. The summed E-state index contributed by atoms with van der Waals surface area (Å²) in [7, 11) is 0. The van der Waals surface area contributed by atoms with Crippen LogP contribution in [0.5, 0.6) is 0 Å². The number of nitrogens with one attached hydrogen (secondary N) is 2. The van der Waals surface area contributed by atoms with Crippen molar-refractivity contribution in [2.24, 2.45) is 5.92 Å². The summed E-state index contributed by atoms with van der Waals surface area (Å²) in [6.45, 7) is 5.27. The van der Waals surface area contributed by atoms with E-state index in [9.17, 15) is 14.4 Å². The van der Waals surface area contributed by atoms with Crippen molar-refractivity contribution in [3.05, 3.63) is 53.5 Å². The van der Waals surface area contributed by atoms with E-state index in [1.165, 1.54) is 24.5 Å². The van der Waals surface area contributed by atoms with Gasteiger partial charge in [0.05, 0.1) is 11.8 Å². The number of carboxylic acids is 1. The Labute approximate surface area is 145 Å². The molecule has 1 heterocycles. The number of rotatable bonds is 6. The monoisotopic (exact) mass is 344 g/mol. The molecule has 0 radical (unpaired) electrons. The predicted molar refractivity (Wildman–Crippen MR) is 91.6 cm³/mol. The van der Waals surface area contributed by atoms with Crippen molar-refractivity contribution in [1.82, 2.24) is 5.32 Å². The molecule has 0 bridgehead atoms. The summed E-state index contributed by atoms with van der Waals surface area (Å²) in [6, 6.07) is 6.86. The molecule has 1 aromatic heterocycles. The molecule has 0 spiro atoms. The van der Waals surface area contributed by atoms with Gasteiger partial charge in [-0.3, -0.25) is 9.59 Å². The maximum atomic E-state index is 12.5. The number of benzene rings is 1. The highest BCUT2D eigenvalue weighted by atomic mass is 16.4. The van der Waals surface area contributed by atoms with E-state index in [1.807, 2.05) is 13.8 Å². The van der Waals surface area contributed by atoms with Crippen LogP contribution in [0.25, 0.3) is 0 Å². The van der Waals surface area contributed by atoms with E-state index in [0.717, 1.165) is 0 Å². The minimum atomic E-state index is -1.03. The molecule has 7 nitrogen and oxygen atoms in total. The molecule has 1 unspecified atom stereocenters. The topological polar surface area (TPSA) is 109 Å². The zero-order valence-electron chi connectivity index (χ0n) is 14.2. The average molecular weight is 344 g/mol. The van der Waals surface area contributed by atoms with Gasteiger partial charge in [-0.25, -0.2) is 4.79 Å². The third-order valence-corrected chi connectivity index (χ3v) is 3.71. The molecule has 132 valence electrons. The highest BCUT2D eigenvalue weighted by molar-refractivity contribution is 6.00. The fourth-order valence-electron chi connectivity index (χ4n) is 2.36. The molecule has 0 aliphatic rings. The standard InChI is InChI=1S/C18H20N2O5/c1-10(2)15(20-16(21)14-5-4-8-25-14)17(22)19-12-6-7-13(18(23)24)11(3)9-12/h4-10,15H,1-3H3,(H,19,22)(H,20,21)(H,23,24). The van der Waals surface area contributed by atoms with Crippen LogP contribution >= 0.6 is 0 Å². The van der Waals surface area contributed by atoms with Crippen molar-refractivity contribution < 1.29 is 23.9 Å². The molecule has 0 aliphatic heterocycles. The van der Waals surface area contributed by atoms with Crippen molar-refractivity contribution in [1.29, 1.82) is 0 Å². The number of carbonyl (C=O) groups excluding carboxylic acids is 2. The minimum absolute atomic E-state index is 0.125. The smallest absolute Gasteiger partial charge is 0.335 e. The normalized spacial score (nSPS) is 11.8. The van der Waals surface area contributed by atoms with Crippen molar-refractivity contribution >= 4 is 23.5 Å². The Bertz CT molecular complexity index is 781. The number of aryl methyl sites for hydroxylation is 1. The van der Waals surface area contributed by atoms with Crippen LogP contribution in [0.15, 0.2) is 41.0 Å². The molecule has 2 rings (SSSR count). The van der Waals surface area contributed by atoms with Crippen LogP contribution in [-0.4, -0.2) is 28.9 Å². The second kappa shape index (κ2) is 7.65. The van der Waals surface area contributed by atoms with Gasteiger partial charge in [0.1, 0.15) is 6.04 Å². The molecule has 0 aliphatic carbocycles. The van der Waals surface area contributed by atoms with E-state index in [0.29, 0.717) is 11.3 Å². The molecule has 3 N–H and O–H groups in total. The van der Waals surface area contributed by atoms with Gasteiger partial charge in [0.25, 0.3) is 5.91 Å². The van der Waals surface area contributed by atoms with Crippen LogP contribution < -0.4 is 10.6 Å².